The van der Waals surface area contributed by atoms with E-state index in [1.54, 1.807) is 13.8 Å². The van der Waals surface area contributed by atoms with Gasteiger partial charge in [-0.3, -0.25) is 0 Å². The molecule has 5 heteroatoms. The average molecular weight is 290 g/mol. The Kier molecular flexibility index (Phi) is 5.21. The summed E-state index contributed by atoms with van der Waals surface area (Å²) in [6, 6.07) is 3.38. The van der Waals surface area contributed by atoms with Crippen molar-refractivity contribution in [2.45, 2.75) is 52.0 Å². The summed E-state index contributed by atoms with van der Waals surface area (Å²) in [4.78, 5) is 0. The predicted molar refractivity (Wildman–Crippen MR) is 71.5 cm³/mol. The molecule has 2 unspecified atom stereocenters. The van der Waals surface area contributed by atoms with Crippen LogP contribution in [0.5, 0.6) is 0 Å². The van der Waals surface area contributed by atoms with E-state index in [2.05, 4.69) is 0 Å². The summed E-state index contributed by atoms with van der Waals surface area (Å²) in [5.74, 6) is 0. The van der Waals surface area contributed by atoms with E-state index in [0.717, 1.165) is 12.1 Å². The normalized spacial score (nSPS) is 16.8. The van der Waals surface area contributed by atoms with E-state index >= 15 is 0 Å². The summed E-state index contributed by atoms with van der Waals surface area (Å²) >= 11 is 0. The van der Waals surface area contributed by atoms with E-state index in [4.69, 9.17) is 4.74 Å². The van der Waals surface area contributed by atoms with Crippen LogP contribution < -0.4 is 0 Å². The molecule has 0 saturated heterocycles. The maximum absolute atomic E-state index is 12.6. The molecule has 0 aromatic heterocycles. The predicted octanol–water partition coefficient (Wildman–Crippen LogP) is 4.25. The third-order valence-electron chi connectivity index (χ3n) is 3.65. The summed E-state index contributed by atoms with van der Waals surface area (Å²) in [5.41, 5.74) is -0.637. The first-order valence-electron chi connectivity index (χ1n) is 6.65. The number of aliphatic hydroxyl groups is 1. The molecule has 0 saturated carbocycles. The lowest BCUT2D eigenvalue weighted by molar-refractivity contribution is -0.137. The smallest absolute Gasteiger partial charge is 0.385 e. The van der Waals surface area contributed by atoms with E-state index in [1.807, 2.05) is 13.8 Å². The molecular weight excluding hydrogens is 269 g/mol. The van der Waals surface area contributed by atoms with Gasteiger partial charge in [0.1, 0.15) is 6.10 Å². The van der Waals surface area contributed by atoms with Crippen molar-refractivity contribution in [2.75, 3.05) is 6.61 Å². The number of aliphatic hydroxyl groups excluding tert-OH is 1. The number of hydrogen-bond acceptors (Lipinski definition) is 2. The molecule has 0 fully saturated rings. The molecule has 0 heterocycles. The Hall–Kier alpha value is -1.07. The minimum atomic E-state index is -4.37. The number of rotatable bonds is 5. The zero-order valence-corrected chi connectivity index (χ0v) is 12.2. The van der Waals surface area contributed by atoms with Crippen LogP contribution in [-0.2, 0) is 10.9 Å². The van der Waals surface area contributed by atoms with Crippen molar-refractivity contribution in [1.29, 1.82) is 0 Å². The lowest BCUT2D eigenvalue weighted by Gasteiger charge is -2.34. The SMILES string of the molecule is CCOC(C)(CC)C(O)c1ccc(C(F)(F)F)cc1C. The minimum absolute atomic E-state index is 0.409. The number of halogens is 3. The Morgan fingerprint density at radius 1 is 1.25 bits per heavy atom. The van der Waals surface area contributed by atoms with Gasteiger partial charge in [0.15, 0.2) is 0 Å². The van der Waals surface area contributed by atoms with Crippen LogP contribution in [0.4, 0.5) is 13.2 Å². The van der Waals surface area contributed by atoms with Crippen molar-refractivity contribution in [3.8, 4) is 0 Å². The quantitative estimate of drug-likeness (QED) is 0.878. The number of benzene rings is 1. The molecule has 20 heavy (non-hydrogen) atoms. The van der Waals surface area contributed by atoms with Gasteiger partial charge in [-0.2, -0.15) is 13.2 Å². The Bertz CT molecular complexity index is 457. The molecule has 1 aromatic rings. The van der Waals surface area contributed by atoms with Crippen molar-refractivity contribution in [3.05, 3.63) is 34.9 Å². The molecule has 1 rings (SSSR count). The molecule has 114 valence electrons. The van der Waals surface area contributed by atoms with Gasteiger partial charge in [-0.1, -0.05) is 13.0 Å². The summed E-state index contributed by atoms with van der Waals surface area (Å²) in [5, 5.41) is 10.4. The fraction of sp³-hybridized carbons (Fsp3) is 0.600. The third-order valence-corrected chi connectivity index (χ3v) is 3.65. The highest BCUT2D eigenvalue weighted by Gasteiger charge is 2.35. The van der Waals surface area contributed by atoms with Gasteiger partial charge in [0.25, 0.3) is 0 Å². The molecule has 2 nitrogen and oxygen atoms in total. The zero-order chi connectivity index (χ0) is 15.6. The van der Waals surface area contributed by atoms with Crippen molar-refractivity contribution in [2.24, 2.45) is 0 Å². The second kappa shape index (κ2) is 6.14. The minimum Gasteiger partial charge on any atom is -0.385 e. The number of hydrogen-bond donors (Lipinski definition) is 1. The van der Waals surface area contributed by atoms with E-state index in [-0.39, 0.29) is 0 Å². The van der Waals surface area contributed by atoms with E-state index in [1.165, 1.54) is 6.07 Å². The van der Waals surface area contributed by atoms with Crippen LogP contribution >= 0.6 is 0 Å². The Morgan fingerprint density at radius 3 is 2.25 bits per heavy atom. The summed E-state index contributed by atoms with van der Waals surface area (Å²) in [6.07, 6.45) is -4.78. The lowest BCUT2D eigenvalue weighted by Crippen LogP contribution is -2.36. The molecule has 0 radical (unpaired) electrons. The molecule has 1 aromatic carbocycles. The molecule has 0 bridgehead atoms. The average Bonchev–Trinajstić information content (AvgIpc) is 2.37. The standard InChI is InChI=1S/C15H21F3O2/c1-5-14(4,20-6-2)13(19)12-8-7-11(9-10(12)3)15(16,17)18/h7-9,13,19H,5-6H2,1-4H3. The fourth-order valence-corrected chi connectivity index (χ4v) is 2.19. The lowest BCUT2D eigenvalue weighted by atomic mass is 9.87. The highest BCUT2D eigenvalue weighted by molar-refractivity contribution is 5.35. The van der Waals surface area contributed by atoms with Crippen molar-refractivity contribution in [3.63, 3.8) is 0 Å². The van der Waals surface area contributed by atoms with Crippen LogP contribution in [0.25, 0.3) is 0 Å². The largest absolute Gasteiger partial charge is 0.416 e. The van der Waals surface area contributed by atoms with Crippen LogP contribution in [0.3, 0.4) is 0 Å². The van der Waals surface area contributed by atoms with E-state index in [0.29, 0.717) is 24.2 Å². The van der Waals surface area contributed by atoms with Crippen molar-refractivity contribution < 1.29 is 23.0 Å². The zero-order valence-electron chi connectivity index (χ0n) is 12.2. The molecule has 0 amide bonds. The van der Waals surface area contributed by atoms with Crippen LogP contribution in [-0.4, -0.2) is 17.3 Å². The van der Waals surface area contributed by atoms with Gasteiger partial charge in [-0.05, 0) is 50.5 Å². The molecule has 2 atom stereocenters. The van der Waals surface area contributed by atoms with E-state index < -0.39 is 23.4 Å². The highest BCUT2D eigenvalue weighted by atomic mass is 19.4. The van der Waals surface area contributed by atoms with Crippen LogP contribution in [0, 0.1) is 6.92 Å². The second-order valence-electron chi connectivity index (χ2n) is 5.07. The van der Waals surface area contributed by atoms with Crippen molar-refractivity contribution in [1.82, 2.24) is 0 Å². The van der Waals surface area contributed by atoms with Gasteiger partial charge in [0.2, 0.25) is 0 Å². The maximum atomic E-state index is 12.6. The number of alkyl halides is 3. The highest BCUT2D eigenvalue weighted by Crippen LogP contribution is 2.36. The Balaban J connectivity index is 3.14. The molecule has 0 spiro atoms. The van der Waals surface area contributed by atoms with Gasteiger partial charge in [-0.25, -0.2) is 0 Å². The fourth-order valence-electron chi connectivity index (χ4n) is 2.19. The van der Waals surface area contributed by atoms with Crippen LogP contribution in [0.2, 0.25) is 0 Å². The van der Waals surface area contributed by atoms with Crippen molar-refractivity contribution >= 4 is 0 Å². The van der Waals surface area contributed by atoms with E-state index in [9.17, 15) is 18.3 Å². The monoisotopic (exact) mass is 290 g/mol. The topological polar surface area (TPSA) is 29.5 Å². The summed E-state index contributed by atoms with van der Waals surface area (Å²) < 4.78 is 43.5. The van der Waals surface area contributed by atoms with Gasteiger partial charge in [0, 0.05) is 6.61 Å². The first kappa shape index (κ1) is 17.0. The first-order chi connectivity index (χ1) is 9.15. The molecule has 0 aliphatic rings. The summed E-state index contributed by atoms with van der Waals surface area (Å²) in [6.45, 7) is 7.45. The molecular formula is C15H21F3O2. The van der Waals surface area contributed by atoms with Gasteiger partial charge >= 0.3 is 6.18 Å². The summed E-state index contributed by atoms with van der Waals surface area (Å²) in [7, 11) is 0. The van der Waals surface area contributed by atoms with Crippen LogP contribution in [0.15, 0.2) is 18.2 Å². The van der Waals surface area contributed by atoms with Gasteiger partial charge in [-0.15, -0.1) is 0 Å². The third kappa shape index (κ3) is 3.52. The molecule has 0 aliphatic heterocycles. The van der Waals surface area contributed by atoms with Gasteiger partial charge in [0.05, 0.1) is 11.2 Å². The maximum Gasteiger partial charge on any atom is 0.416 e. The second-order valence-corrected chi connectivity index (χ2v) is 5.07. The van der Waals surface area contributed by atoms with Gasteiger partial charge < -0.3 is 9.84 Å². The number of aryl methyl sites for hydroxylation is 1. The molecule has 0 aliphatic carbocycles. The molecule has 1 N–H and O–H groups in total. The van der Waals surface area contributed by atoms with Crippen LogP contribution in [0.1, 0.15) is 50.0 Å². The Morgan fingerprint density at radius 2 is 1.85 bits per heavy atom. The first-order valence-corrected chi connectivity index (χ1v) is 6.65. The Labute approximate surface area is 117 Å². The number of ether oxygens (including phenoxy) is 1.